The largest absolute Gasteiger partial charge is 0.361 e. The van der Waals surface area contributed by atoms with E-state index < -0.39 is 0 Å². The van der Waals surface area contributed by atoms with Crippen LogP contribution in [0.25, 0.3) is 10.9 Å². The molecule has 0 aliphatic carbocycles. The lowest BCUT2D eigenvalue weighted by Gasteiger charge is -2.32. The van der Waals surface area contributed by atoms with Crippen LogP contribution in [0.1, 0.15) is 35.7 Å². The zero-order valence-corrected chi connectivity index (χ0v) is 13.5. The van der Waals surface area contributed by atoms with Crippen molar-refractivity contribution in [1.82, 2.24) is 19.9 Å². The Morgan fingerprint density at radius 2 is 2.22 bits per heavy atom. The quantitative estimate of drug-likeness (QED) is 0.803. The number of likely N-dealkylation sites (tertiary alicyclic amines) is 1. The van der Waals surface area contributed by atoms with Gasteiger partial charge in [-0.15, -0.1) is 0 Å². The van der Waals surface area contributed by atoms with Gasteiger partial charge in [-0.3, -0.25) is 14.9 Å². The number of rotatable bonds is 3. The van der Waals surface area contributed by atoms with E-state index >= 15 is 0 Å². The molecule has 4 heteroatoms. The normalized spacial score (nSPS) is 19.3. The highest BCUT2D eigenvalue weighted by molar-refractivity contribution is 5.79. The smallest absolute Gasteiger partial charge is 0.0633 e. The predicted molar refractivity (Wildman–Crippen MR) is 92.3 cm³/mol. The average molecular weight is 306 g/mol. The fourth-order valence-corrected chi connectivity index (χ4v) is 3.57. The molecule has 3 heterocycles. The zero-order chi connectivity index (χ0) is 15.6. The van der Waals surface area contributed by atoms with Crippen LogP contribution in [0.4, 0.5) is 0 Å². The molecular weight excluding hydrogens is 284 g/mol. The van der Waals surface area contributed by atoms with E-state index in [0.29, 0.717) is 5.92 Å². The molecule has 118 valence electrons. The van der Waals surface area contributed by atoms with Gasteiger partial charge < -0.3 is 4.98 Å². The van der Waals surface area contributed by atoms with E-state index in [1.165, 1.54) is 35.9 Å². The third-order valence-electron chi connectivity index (χ3n) is 4.72. The highest BCUT2D eigenvalue weighted by Crippen LogP contribution is 2.26. The Balaban J connectivity index is 1.48. The van der Waals surface area contributed by atoms with Crippen LogP contribution in [0, 0.1) is 6.92 Å². The van der Waals surface area contributed by atoms with Crippen molar-refractivity contribution in [2.75, 3.05) is 13.1 Å². The molecule has 23 heavy (non-hydrogen) atoms. The summed E-state index contributed by atoms with van der Waals surface area (Å²) in [6, 6.07) is 8.83. The maximum atomic E-state index is 4.68. The summed E-state index contributed by atoms with van der Waals surface area (Å²) in [4.78, 5) is 14.8. The lowest BCUT2D eigenvalue weighted by molar-refractivity contribution is 0.198. The first-order chi connectivity index (χ1) is 11.3. The van der Waals surface area contributed by atoms with E-state index in [1.54, 1.807) is 0 Å². The van der Waals surface area contributed by atoms with Crippen molar-refractivity contribution in [2.45, 2.75) is 32.2 Å². The van der Waals surface area contributed by atoms with Gasteiger partial charge in [0.25, 0.3) is 0 Å². The summed E-state index contributed by atoms with van der Waals surface area (Å²) in [7, 11) is 0. The summed E-state index contributed by atoms with van der Waals surface area (Å²) in [6.45, 7) is 5.26. The molecule has 1 unspecified atom stereocenters. The van der Waals surface area contributed by atoms with Gasteiger partial charge in [0, 0.05) is 43.1 Å². The van der Waals surface area contributed by atoms with Gasteiger partial charge in [-0.2, -0.15) is 0 Å². The van der Waals surface area contributed by atoms with Crippen LogP contribution in [0.3, 0.4) is 0 Å². The van der Waals surface area contributed by atoms with Gasteiger partial charge in [0.1, 0.15) is 0 Å². The van der Waals surface area contributed by atoms with Crippen LogP contribution in [0.2, 0.25) is 0 Å². The van der Waals surface area contributed by atoms with Crippen LogP contribution in [-0.2, 0) is 6.54 Å². The molecule has 4 nitrogen and oxygen atoms in total. The van der Waals surface area contributed by atoms with Crippen LogP contribution in [0.5, 0.6) is 0 Å². The van der Waals surface area contributed by atoms with Crippen LogP contribution in [0.15, 0.2) is 42.9 Å². The van der Waals surface area contributed by atoms with E-state index in [0.717, 1.165) is 24.5 Å². The molecule has 0 bridgehead atoms. The first-order valence-electron chi connectivity index (χ1n) is 8.35. The molecule has 1 atom stereocenters. The van der Waals surface area contributed by atoms with Crippen molar-refractivity contribution in [1.29, 1.82) is 0 Å². The minimum atomic E-state index is 0.505. The summed E-state index contributed by atoms with van der Waals surface area (Å²) in [5.41, 5.74) is 4.75. The molecule has 0 radical (unpaired) electrons. The predicted octanol–water partition coefficient (Wildman–Crippen LogP) is 3.65. The van der Waals surface area contributed by atoms with E-state index in [9.17, 15) is 0 Å². The number of aryl methyl sites for hydroxylation is 1. The topological polar surface area (TPSA) is 44.8 Å². The fourth-order valence-electron chi connectivity index (χ4n) is 3.57. The van der Waals surface area contributed by atoms with Crippen molar-refractivity contribution in [3.63, 3.8) is 0 Å². The second kappa shape index (κ2) is 6.13. The molecule has 0 spiro atoms. The Morgan fingerprint density at radius 1 is 1.26 bits per heavy atom. The molecule has 1 saturated heterocycles. The van der Waals surface area contributed by atoms with Crippen LogP contribution in [-0.4, -0.2) is 32.9 Å². The second-order valence-electron chi connectivity index (χ2n) is 6.56. The lowest BCUT2D eigenvalue weighted by atomic mass is 9.94. The van der Waals surface area contributed by atoms with Crippen LogP contribution < -0.4 is 0 Å². The Bertz CT molecular complexity index is 808. The number of nitrogens with zero attached hydrogens (tertiary/aromatic N) is 3. The molecule has 1 aliphatic heterocycles. The van der Waals surface area contributed by atoms with Crippen molar-refractivity contribution < 1.29 is 0 Å². The number of benzene rings is 1. The molecule has 1 aromatic carbocycles. The van der Waals surface area contributed by atoms with E-state index in [1.807, 2.05) is 25.5 Å². The van der Waals surface area contributed by atoms with Gasteiger partial charge in [-0.25, -0.2) is 0 Å². The summed E-state index contributed by atoms with van der Waals surface area (Å²) >= 11 is 0. The van der Waals surface area contributed by atoms with Gasteiger partial charge in [-0.1, -0.05) is 12.1 Å². The number of nitrogens with one attached hydrogen (secondary N) is 1. The van der Waals surface area contributed by atoms with Gasteiger partial charge in [0.15, 0.2) is 0 Å². The average Bonchev–Trinajstić information content (AvgIpc) is 3.03. The summed E-state index contributed by atoms with van der Waals surface area (Å²) in [6.07, 6.45) is 8.21. The highest BCUT2D eigenvalue weighted by atomic mass is 15.1. The van der Waals surface area contributed by atoms with Crippen LogP contribution >= 0.6 is 0 Å². The molecule has 1 fully saturated rings. The van der Waals surface area contributed by atoms with Gasteiger partial charge in [0.05, 0.1) is 11.4 Å². The number of aromatic amines is 1. The Labute approximate surface area is 136 Å². The maximum absolute atomic E-state index is 4.68. The first-order valence-corrected chi connectivity index (χ1v) is 8.35. The number of hydrogen-bond acceptors (Lipinski definition) is 3. The summed E-state index contributed by atoms with van der Waals surface area (Å²) < 4.78 is 0. The van der Waals surface area contributed by atoms with Crippen molar-refractivity contribution >= 4 is 10.9 Å². The third kappa shape index (κ3) is 3.13. The zero-order valence-electron chi connectivity index (χ0n) is 13.5. The molecular formula is C19H22N4. The second-order valence-corrected chi connectivity index (χ2v) is 6.56. The van der Waals surface area contributed by atoms with Crippen molar-refractivity contribution in [3.05, 3.63) is 59.8 Å². The molecule has 0 amide bonds. The van der Waals surface area contributed by atoms with Gasteiger partial charge in [0.2, 0.25) is 0 Å². The minimum absolute atomic E-state index is 0.505. The Kier molecular flexibility index (Phi) is 3.83. The number of piperidine rings is 1. The van der Waals surface area contributed by atoms with Gasteiger partial charge >= 0.3 is 0 Å². The lowest BCUT2D eigenvalue weighted by Crippen LogP contribution is -2.34. The van der Waals surface area contributed by atoms with Crippen molar-refractivity contribution in [2.24, 2.45) is 0 Å². The molecule has 2 aromatic heterocycles. The SMILES string of the molecule is Cc1cncc(C2CCCN(Cc3ccc4cc[nH]c4c3)C2)n1. The highest BCUT2D eigenvalue weighted by Gasteiger charge is 2.22. The number of aromatic nitrogens is 3. The summed E-state index contributed by atoms with van der Waals surface area (Å²) in [5.74, 6) is 0.505. The van der Waals surface area contributed by atoms with Crippen molar-refractivity contribution in [3.8, 4) is 0 Å². The molecule has 3 aromatic rings. The third-order valence-corrected chi connectivity index (χ3v) is 4.72. The van der Waals surface area contributed by atoms with E-state index in [4.69, 9.17) is 0 Å². The number of hydrogen-bond donors (Lipinski definition) is 1. The molecule has 4 rings (SSSR count). The molecule has 1 aliphatic rings. The first kappa shape index (κ1) is 14.4. The Morgan fingerprint density at radius 3 is 3.13 bits per heavy atom. The summed E-state index contributed by atoms with van der Waals surface area (Å²) in [5, 5.41) is 1.28. The Hall–Kier alpha value is -2.20. The minimum Gasteiger partial charge on any atom is -0.361 e. The maximum Gasteiger partial charge on any atom is 0.0633 e. The molecule has 0 saturated carbocycles. The van der Waals surface area contributed by atoms with E-state index in [2.05, 4.69) is 44.1 Å². The fraction of sp³-hybridized carbons (Fsp3) is 0.368. The van der Waals surface area contributed by atoms with Gasteiger partial charge in [-0.05, 0) is 49.4 Å². The standard InChI is InChI=1S/C19H22N4/c1-14-10-20-11-19(22-14)17-3-2-8-23(13-17)12-15-4-5-16-6-7-21-18(16)9-15/h4-7,9-11,17,21H,2-3,8,12-13H2,1H3. The van der Waals surface area contributed by atoms with E-state index in [-0.39, 0.29) is 0 Å². The number of H-pyrrole nitrogens is 1. The monoisotopic (exact) mass is 306 g/mol. The molecule has 1 N–H and O–H groups in total. The number of fused-ring (bicyclic) bond motifs is 1.